The van der Waals surface area contributed by atoms with Gasteiger partial charge in [0, 0.05) is 168 Å². The lowest BCUT2D eigenvalue weighted by Crippen LogP contribution is -2.76. The fourth-order valence-electron chi connectivity index (χ4n) is 15.9. The predicted molar refractivity (Wildman–Crippen MR) is 366 cm³/mol. The Morgan fingerprint density at radius 3 is 2.25 bits per heavy atom. The van der Waals surface area contributed by atoms with Crippen molar-refractivity contribution in [1.29, 1.82) is 0 Å². The van der Waals surface area contributed by atoms with Crippen LogP contribution in [0.15, 0.2) is 71.7 Å². The Hall–Kier alpha value is -3.64. The number of carbonyl (C=O) groups is 1. The van der Waals surface area contributed by atoms with Gasteiger partial charge in [0.1, 0.15) is 0 Å². The molecule has 2 saturated carbocycles. The fraction of sp³-hybridized carbons (Fsp3) is 0.778. The van der Waals surface area contributed by atoms with Gasteiger partial charge in [-0.05, 0) is 153 Å². The second-order valence-electron chi connectivity index (χ2n) is 28.6. The molecule has 5 fully saturated rings. The van der Waals surface area contributed by atoms with Gasteiger partial charge in [0.25, 0.3) is 0 Å². The maximum Gasteiger partial charge on any atom is 0.417 e. The smallest absolute Gasteiger partial charge is 0.390 e. The third-order valence-corrected chi connectivity index (χ3v) is 21.9. The number of allylic oxidation sites excluding steroid dienone is 3. The molecule has 7 rings (SSSR count). The number of halogens is 4. The first kappa shape index (κ1) is 72.8. The standard InChI is InChI=1S/C72H122ClF3N12O/c1-13-15-28-65-54(7)80-47-67-68(70(89)86-40-22-17-23-41-86)57(10)88(67)69(51(3)4)55(8)83-71(34-20-21-35-71)50-78-38-37-77-36-33-60(31-29-59-30-32-63(64(73)45-59)72(74,75)76)79-39-43-84(11)48-62(44-58-25-18-16-19-26-58)85(12)49-61-27-24-42-87(61)56(9)53(6)82-66(46-81-65)52(5)14-2/h30,32-33,36,39,43,45,48-49,51-58,65-69,77-78,80-83H,13-29,31,34-35,37-38,40-42,44,46-47,50H2,1-12H3/t52-,53?,54?,55?,56-,57?,65-,66+,67?,68-,69-/m0/s1. The minimum Gasteiger partial charge on any atom is -0.390 e. The van der Waals surface area contributed by atoms with E-state index < -0.39 is 11.7 Å². The van der Waals surface area contributed by atoms with Crippen molar-refractivity contribution in [1.82, 2.24) is 56.4 Å². The first-order valence-corrected chi connectivity index (χ1v) is 35.9. The molecule has 0 radical (unpaired) electrons. The topological polar surface area (TPSA) is 118 Å². The molecule has 1 spiro atoms. The van der Waals surface area contributed by atoms with Gasteiger partial charge in [-0.3, -0.25) is 14.7 Å². The molecule has 13 nitrogen and oxygen atoms in total. The lowest BCUT2D eigenvalue weighted by atomic mass is 9.74. The highest BCUT2D eigenvalue weighted by Gasteiger charge is 2.55. The Bertz CT molecular complexity index is 2450. The van der Waals surface area contributed by atoms with Crippen LogP contribution >= 0.6 is 11.6 Å². The molecule has 1 aromatic carbocycles. The van der Waals surface area contributed by atoms with E-state index >= 15 is 0 Å². The van der Waals surface area contributed by atoms with Crippen molar-refractivity contribution >= 4 is 23.2 Å². The quantitative estimate of drug-likeness (QED) is 0.120. The van der Waals surface area contributed by atoms with Crippen molar-refractivity contribution in [2.24, 2.45) is 28.7 Å². The van der Waals surface area contributed by atoms with Gasteiger partial charge in [-0.2, -0.15) is 13.2 Å². The number of aliphatic imine (C=N–C) groups is 1. The highest BCUT2D eigenvalue weighted by molar-refractivity contribution is 6.31. The number of rotatable bonds is 12. The molecule has 4 aliphatic heterocycles. The number of benzene rings is 1. The Balaban J connectivity index is 1.19. The van der Waals surface area contributed by atoms with Crippen molar-refractivity contribution in [2.75, 3.05) is 66.5 Å². The second kappa shape index (κ2) is 35.6. The summed E-state index contributed by atoms with van der Waals surface area (Å²) in [5.41, 5.74) is 3.33. The summed E-state index contributed by atoms with van der Waals surface area (Å²) in [6.07, 6.45) is 31.0. The molecule has 2 aliphatic carbocycles. The average Bonchev–Trinajstić information content (AvgIpc) is 2.72. The number of alkyl halides is 3. The van der Waals surface area contributed by atoms with E-state index in [2.05, 4.69) is 152 Å². The van der Waals surface area contributed by atoms with E-state index in [1.807, 2.05) is 24.7 Å². The van der Waals surface area contributed by atoms with E-state index in [1.165, 1.54) is 81.3 Å². The van der Waals surface area contributed by atoms with Crippen LogP contribution in [0.4, 0.5) is 13.2 Å². The van der Waals surface area contributed by atoms with Gasteiger partial charge >= 0.3 is 6.18 Å². The van der Waals surface area contributed by atoms with E-state index in [4.69, 9.17) is 16.6 Å². The monoisotopic (exact) mass is 1260 g/mol. The number of fused-ring (bicyclic) bond motifs is 2. The zero-order valence-corrected chi connectivity index (χ0v) is 58.1. The summed E-state index contributed by atoms with van der Waals surface area (Å²) < 4.78 is 41.0. The summed E-state index contributed by atoms with van der Waals surface area (Å²) in [4.78, 5) is 31.9. The van der Waals surface area contributed by atoms with Gasteiger partial charge in [0.05, 0.1) is 16.5 Å². The molecule has 89 heavy (non-hydrogen) atoms. The molecule has 5 unspecified atom stereocenters. The number of carbonyl (C=O) groups excluding carboxylic acids is 1. The molecule has 6 aliphatic rings. The third-order valence-electron chi connectivity index (χ3n) is 21.5. The zero-order valence-electron chi connectivity index (χ0n) is 57.3. The molecule has 6 N–H and O–H groups in total. The Labute approximate surface area is 543 Å². The van der Waals surface area contributed by atoms with Crippen molar-refractivity contribution < 1.29 is 18.0 Å². The zero-order chi connectivity index (χ0) is 64.3. The van der Waals surface area contributed by atoms with Crippen molar-refractivity contribution in [3.63, 3.8) is 0 Å². The van der Waals surface area contributed by atoms with Crippen LogP contribution in [0.5, 0.6) is 0 Å². The Morgan fingerprint density at radius 1 is 0.831 bits per heavy atom. The first-order chi connectivity index (χ1) is 42.6. The molecule has 1 amide bonds. The fourth-order valence-corrected chi connectivity index (χ4v) is 16.2. The number of likely N-dealkylation sites (tertiary alicyclic amines) is 1. The van der Waals surface area contributed by atoms with E-state index in [0.717, 1.165) is 127 Å². The van der Waals surface area contributed by atoms with Gasteiger partial charge in [0.15, 0.2) is 0 Å². The number of aryl methyl sites for hydroxylation is 1. The molecular formula is C72H122ClF3N12O. The molecule has 504 valence electrons. The molecule has 3 saturated heterocycles. The maximum atomic E-state index is 14.8. The van der Waals surface area contributed by atoms with Crippen LogP contribution in [0.3, 0.4) is 0 Å². The van der Waals surface area contributed by atoms with Crippen LogP contribution in [0.25, 0.3) is 0 Å². The van der Waals surface area contributed by atoms with E-state index in [1.54, 1.807) is 0 Å². The molecule has 4 heterocycles. The van der Waals surface area contributed by atoms with Gasteiger partial charge in [-0.25, -0.2) is 0 Å². The highest BCUT2D eigenvalue weighted by atomic mass is 35.5. The average molecular weight is 1260 g/mol. The number of nitrogens with one attached hydrogen (secondary N) is 6. The predicted octanol–water partition coefficient (Wildman–Crippen LogP) is 13.4. The first-order valence-electron chi connectivity index (χ1n) is 35.5. The molecule has 0 bridgehead atoms. The Kier molecular flexibility index (Phi) is 29.1. The lowest BCUT2D eigenvalue weighted by molar-refractivity contribution is -0.162. The van der Waals surface area contributed by atoms with E-state index in [9.17, 15) is 18.0 Å². The minimum atomic E-state index is -4.51. The summed E-state index contributed by atoms with van der Waals surface area (Å²) in [6.45, 7) is 30.6. The van der Waals surface area contributed by atoms with Gasteiger partial charge in [-0.15, -0.1) is 0 Å². The van der Waals surface area contributed by atoms with Crippen molar-refractivity contribution in [3.05, 3.63) is 82.8 Å². The van der Waals surface area contributed by atoms with Crippen LogP contribution < -0.4 is 31.9 Å². The normalized spacial score (nSPS) is 30.0. The Morgan fingerprint density at radius 2 is 1.56 bits per heavy atom. The summed E-state index contributed by atoms with van der Waals surface area (Å²) >= 11 is 6.20. The molecule has 17 heteroatoms. The van der Waals surface area contributed by atoms with E-state index in [-0.39, 0.29) is 64.8 Å². The molecule has 11 atom stereocenters. The van der Waals surface area contributed by atoms with E-state index in [0.29, 0.717) is 49.1 Å². The number of piperidine rings is 1. The van der Waals surface area contributed by atoms with Gasteiger partial charge < -0.3 is 51.5 Å². The largest absolute Gasteiger partial charge is 0.417 e. The minimum absolute atomic E-state index is 0.0374. The second-order valence-corrected chi connectivity index (χ2v) is 29.0. The van der Waals surface area contributed by atoms with Crippen LogP contribution in [0.2, 0.25) is 5.02 Å². The number of hydrogen-bond acceptors (Lipinski definition) is 12. The summed E-state index contributed by atoms with van der Waals surface area (Å²) in [5.74, 6) is 1.79. The SMILES string of the molecule is CCCC[C@@H]1NC[C@H]([C@@H](C)CC)NC(C)[C@H](C)N2CCCC2=CN(C)C(CC2CCCCC2)=CN(C)C=CN=C(CCc2ccc(C(F)(F)F)c(Cl)c2)C=CNCCNCC2(CCCC2)NC(C)[C@H](C(C)C)N2C(C)[C@H](C(=O)N3CCCCC3)C2CNC1C. The van der Waals surface area contributed by atoms with Crippen molar-refractivity contribution in [2.45, 2.75) is 270 Å². The highest BCUT2D eigenvalue weighted by Crippen LogP contribution is 2.41. The van der Waals surface area contributed by atoms with Crippen LogP contribution in [-0.4, -0.2) is 162 Å². The van der Waals surface area contributed by atoms with Gasteiger partial charge in [0.2, 0.25) is 5.91 Å². The summed E-state index contributed by atoms with van der Waals surface area (Å²) in [6, 6.07) is 6.03. The van der Waals surface area contributed by atoms with Crippen molar-refractivity contribution in [3.8, 4) is 0 Å². The third kappa shape index (κ3) is 20.9. The van der Waals surface area contributed by atoms with Crippen LogP contribution in [0, 0.1) is 23.7 Å². The number of nitrogens with zero attached hydrogens (tertiary/aromatic N) is 6. The lowest BCUT2D eigenvalue weighted by Gasteiger charge is -2.60. The molecular weight excluding hydrogens is 1140 g/mol. The number of amides is 1. The number of unbranched alkanes of at least 4 members (excludes halogenated alkanes) is 1. The van der Waals surface area contributed by atoms with Crippen LogP contribution in [-0.2, 0) is 17.4 Å². The van der Waals surface area contributed by atoms with Crippen LogP contribution in [0.1, 0.15) is 209 Å². The molecule has 1 aromatic rings. The molecule has 0 aromatic heterocycles. The maximum absolute atomic E-state index is 14.8. The van der Waals surface area contributed by atoms with Gasteiger partial charge in [-0.1, -0.05) is 116 Å². The number of hydrogen-bond donors (Lipinski definition) is 6. The summed E-state index contributed by atoms with van der Waals surface area (Å²) in [7, 11) is 4.30. The summed E-state index contributed by atoms with van der Waals surface area (Å²) in [5, 5.41) is 23.9.